The second-order valence-corrected chi connectivity index (χ2v) is 4.38. The quantitative estimate of drug-likeness (QED) is 0.499. The fraction of sp³-hybridized carbons (Fsp3) is 0.188. The number of unbranched alkanes of at least 4 members (excludes halogenated alkanes) is 1. The molecule has 0 aliphatic carbocycles. The molecule has 0 spiro atoms. The van der Waals surface area contributed by atoms with Crippen LogP contribution < -0.4 is 11.1 Å². The topological polar surface area (TPSA) is 55.1 Å². The number of fused-ring (bicyclic) bond motifs is 1. The number of nitrogen functional groups attached to an aromatic ring is 1. The lowest BCUT2D eigenvalue weighted by Crippen LogP contribution is -2.24. The number of hydrogen-bond donors (Lipinski definition) is 2. The fourth-order valence-electron chi connectivity index (χ4n) is 1.90. The molecule has 2 aromatic rings. The Morgan fingerprint density at radius 1 is 1.21 bits per heavy atom. The molecule has 19 heavy (non-hydrogen) atoms. The number of rotatable bonds is 4. The first-order valence-electron chi connectivity index (χ1n) is 6.21. The predicted octanol–water partition coefficient (Wildman–Crippen LogP) is 2.57. The van der Waals surface area contributed by atoms with Crippen molar-refractivity contribution in [1.82, 2.24) is 5.32 Å². The van der Waals surface area contributed by atoms with Crippen LogP contribution in [-0.4, -0.2) is 12.5 Å². The van der Waals surface area contributed by atoms with E-state index in [0.29, 0.717) is 18.5 Å². The number of nitrogens with one attached hydrogen (secondary N) is 1. The minimum atomic E-state index is -0.0734. The molecule has 0 bridgehead atoms. The normalized spacial score (nSPS) is 10.1. The highest BCUT2D eigenvalue weighted by Gasteiger charge is 2.05. The molecule has 2 rings (SSSR count). The Kier molecular flexibility index (Phi) is 4.04. The number of terminal acetylenes is 1. The molecule has 0 aliphatic rings. The number of carbonyl (C=O) groups is 1. The molecule has 0 radical (unpaired) electrons. The molecular weight excluding hydrogens is 236 g/mol. The first kappa shape index (κ1) is 13.0. The van der Waals surface area contributed by atoms with E-state index in [2.05, 4.69) is 11.2 Å². The molecular formula is C16H16N2O. The lowest BCUT2D eigenvalue weighted by molar-refractivity contribution is 0.0953. The van der Waals surface area contributed by atoms with Crippen LogP contribution >= 0.6 is 0 Å². The van der Waals surface area contributed by atoms with Gasteiger partial charge >= 0.3 is 0 Å². The van der Waals surface area contributed by atoms with Crippen LogP contribution in [0.15, 0.2) is 36.4 Å². The number of carbonyl (C=O) groups excluding carboxylic acids is 1. The molecule has 0 heterocycles. The average Bonchev–Trinajstić information content (AvgIpc) is 2.42. The molecule has 0 fully saturated rings. The Bertz CT molecular complexity index is 641. The molecule has 0 saturated carbocycles. The van der Waals surface area contributed by atoms with E-state index in [4.69, 9.17) is 12.2 Å². The number of nitrogens with two attached hydrogens (primary N) is 1. The van der Waals surface area contributed by atoms with Crippen molar-refractivity contribution in [2.24, 2.45) is 0 Å². The second-order valence-electron chi connectivity index (χ2n) is 4.38. The van der Waals surface area contributed by atoms with E-state index in [0.717, 1.165) is 22.9 Å². The van der Waals surface area contributed by atoms with E-state index in [9.17, 15) is 4.79 Å². The first-order valence-corrected chi connectivity index (χ1v) is 6.21. The minimum Gasteiger partial charge on any atom is -0.399 e. The summed E-state index contributed by atoms with van der Waals surface area (Å²) in [4.78, 5) is 11.9. The van der Waals surface area contributed by atoms with Gasteiger partial charge in [-0.25, -0.2) is 0 Å². The van der Waals surface area contributed by atoms with Crippen molar-refractivity contribution in [3.05, 3.63) is 42.0 Å². The number of amides is 1. The Morgan fingerprint density at radius 3 is 2.74 bits per heavy atom. The Morgan fingerprint density at radius 2 is 1.95 bits per heavy atom. The fourth-order valence-corrected chi connectivity index (χ4v) is 1.90. The van der Waals surface area contributed by atoms with Gasteiger partial charge < -0.3 is 11.1 Å². The van der Waals surface area contributed by atoms with Crippen LogP contribution in [-0.2, 0) is 0 Å². The molecule has 0 unspecified atom stereocenters. The number of anilines is 1. The van der Waals surface area contributed by atoms with Gasteiger partial charge in [0.1, 0.15) is 0 Å². The zero-order valence-electron chi connectivity index (χ0n) is 10.6. The zero-order valence-corrected chi connectivity index (χ0v) is 10.6. The van der Waals surface area contributed by atoms with E-state index < -0.39 is 0 Å². The van der Waals surface area contributed by atoms with E-state index in [-0.39, 0.29) is 5.91 Å². The standard InChI is InChI=1S/C16H16N2O/c1-2-3-4-9-18-16(19)14-6-5-13-11-15(17)8-7-12(13)10-14/h1,5-8,10-11H,3-4,9,17H2,(H,18,19). The molecule has 96 valence electrons. The van der Waals surface area contributed by atoms with Crippen LogP contribution in [0.1, 0.15) is 23.2 Å². The van der Waals surface area contributed by atoms with Crippen LogP contribution in [0, 0.1) is 12.3 Å². The molecule has 3 nitrogen and oxygen atoms in total. The lowest BCUT2D eigenvalue weighted by atomic mass is 10.1. The zero-order chi connectivity index (χ0) is 13.7. The third-order valence-corrected chi connectivity index (χ3v) is 2.91. The van der Waals surface area contributed by atoms with Crippen molar-refractivity contribution in [2.75, 3.05) is 12.3 Å². The monoisotopic (exact) mass is 252 g/mol. The lowest BCUT2D eigenvalue weighted by Gasteiger charge is -2.06. The molecule has 0 saturated heterocycles. The highest BCUT2D eigenvalue weighted by Crippen LogP contribution is 2.18. The summed E-state index contributed by atoms with van der Waals surface area (Å²) >= 11 is 0. The van der Waals surface area contributed by atoms with Crippen molar-refractivity contribution in [3.8, 4) is 12.3 Å². The van der Waals surface area contributed by atoms with Gasteiger partial charge in [0, 0.05) is 24.2 Å². The van der Waals surface area contributed by atoms with Crippen LogP contribution in [0.5, 0.6) is 0 Å². The minimum absolute atomic E-state index is 0.0734. The molecule has 3 N–H and O–H groups in total. The van der Waals surface area contributed by atoms with Crippen LogP contribution in [0.3, 0.4) is 0 Å². The van der Waals surface area contributed by atoms with Gasteiger partial charge in [-0.2, -0.15) is 0 Å². The Hall–Kier alpha value is -2.47. The van der Waals surface area contributed by atoms with Crippen molar-refractivity contribution >= 4 is 22.4 Å². The number of hydrogen-bond acceptors (Lipinski definition) is 2. The second kappa shape index (κ2) is 5.92. The smallest absolute Gasteiger partial charge is 0.251 e. The van der Waals surface area contributed by atoms with Crippen molar-refractivity contribution in [2.45, 2.75) is 12.8 Å². The van der Waals surface area contributed by atoms with Gasteiger partial charge in [-0.15, -0.1) is 12.3 Å². The van der Waals surface area contributed by atoms with Gasteiger partial charge in [0.25, 0.3) is 5.91 Å². The molecule has 2 aromatic carbocycles. The van der Waals surface area contributed by atoms with Crippen molar-refractivity contribution in [3.63, 3.8) is 0 Å². The molecule has 0 aliphatic heterocycles. The first-order chi connectivity index (χ1) is 9.20. The Labute approximate surface area is 112 Å². The number of benzene rings is 2. The summed E-state index contributed by atoms with van der Waals surface area (Å²) in [5, 5.41) is 4.89. The molecule has 0 aromatic heterocycles. The summed E-state index contributed by atoms with van der Waals surface area (Å²) in [5.74, 6) is 2.47. The largest absolute Gasteiger partial charge is 0.399 e. The SMILES string of the molecule is C#CCCCNC(=O)c1ccc2cc(N)ccc2c1. The average molecular weight is 252 g/mol. The highest BCUT2D eigenvalue weighted by molar-refractivity contribution is 5.99. The highest BCUT2D eigenvalue weighted by atomic mass is 16.1. The summed E-state index contributed by atoms with van der Waals surface area (Å²) in [6.07, 6.45) is 6.63. The van der Waals surface area contributed by atoms with E-state index in [1.165, 1.54) is 0 Å². The van der Waals surface area contributed by atoms with Gasteiger partial charge in [0.15, 0.2) is 0 Å². The summed E-state index contributed by atoms with van der Waals surface area (Å²) in [7, 11) is 0. The predicted molar refractivity (Wildman–Crippen MR) is 78.8 cm³/mol. The van der Waals surface area contributed by atoms with E-state index in [1.54, 1.807) is 6.07 Å². The van der Waals surface area contributed by atoms with Crippen LogP contribution in [0.25, 0.3) is 10.8 Å². The molecule has 0 atom stereocenters. The Balaban J connectivity index is 2.10. The maximum atomic E-state index is 11.9. The summed E-state index contributed by atoms with van der Waals surface area (Å²) in [5.41, 5.74) is 7.09. The van der Waals surface area contributed by atoms with Gasteiger partial charge in [-0.1, -0.05) is 12.1 Å². The van der Waals surface area contributed by atoms with Gasteiger partial charge in [0.2, 0.25) is 0 Å². The van der Waals surface area contributed by atoms with E-state index in [1.807, 2.05) is 30.3 Å². The third kappa shape index (κ3) is 3.26. The third-order valence-electron chi connectivity index (χ3n) is 2.91. The maximum Gasteiger partial charge on any atom is 0.251 e. The van der Waals surface area contributed by atoms with Gasteiger partial charge in [0.05, 0.1) is 0 Å². The summed E-state index contributed by atoms with van der Waals surface area (Å²) < 4.78 is 0. The molecule has 1 amide bonds. The summed E-state index contributed by atoms with van der Waals surface area (Å²) in [6, 6.07) is 11.2. The van der Waals surface area contributed by atoms with Gasteiger partial charge in [-0.3, -0.25) is 4.79 Å². The molecule has 3 heteroatoms. The van der Waals surface area contributed by atoms with E-state index >= 15 is 0 Å². The van der Waals surface area contributed by atoms with Crippen molar-refractivity contribution < 1.29 is 4.79 Å². The summed E-state index contributed by atoms with van der Waals surface area (Å²) in [6.45, 7) is 0.600. The van der Waals surface area contributed by atoms with Crippen molar-refractivity contribution in [1.29, 1.82) is 0 Å². The van der Waals surface area contributed by atoms with Crippen LogP contribution in [0.2, 0.25) is 0 Å². The van der Waals surface area contributed by atoms with Gasteiger partial charge in [-0.05, 0) is 41.5 Å². The maximum absolute atomic E-state index is 11.9. The van der Waals surface area contributed by atoms with Crippen LogP contribution in [0.4, 0.5) is 5.69 Å².